The number of nitrogens with zero attached hydrogens (tertiary/aromatic N) is 3. The lowest BCUT2D eigenvalue weighted by Gasteiger charge is -2.36. The lowest BCUT2D eigenvalue weighted by Crippen LogP contribution is -2.45. The van der Waals surface area contributed by atoms with Gasteiger partial charge in [0.2, 0.25) is 5.91 Å². The fourth-order valence-electron chi connectivity index (χ4n) is 4.31. The van der Waals surface area contributed by atoms with E-state index in [0.717, 1.165) is 11.0 Å². The minimum absolute atomic E-state index is 0.269. The first-order valence-corrected chi connectivity index (χ1v) is 9.71. The Morgan fingerprint density at radius 3 is 2.69 bits per heavy atom. The van der Waals surface area contributed by atoms with E-state index in [2.05, 4.69) is 4.98 Å². The molecule has 9 heteroatoms. The fourth-order valence-corrected chi connectivity index (χ4v) is 4.31. The van der Waals surface area contributed by atoms with Gasteiger partial charge in [-0.3, -0.25) is 9.59 Å². The lowest BCUT2D eigenvalue weighted by atomic mass is 9.76. The van der Waals surface area contributed by atoms with Gasteiger partial charge < -0.3 is 14.2 Å². The van der Waals surface area contributed by atoms with Gasteiger partial charge in [0, 0.05) is 25.9 Å². The Morgan fingerprint density at radius 2 is 1.97 bits per heavy atom. The molecule has 2 fully saturated rings. The van der Waals surface area contributed by atoms with Gasteiger partial charge >= 0.3 is 12.1 Å². The zero-order valence-corrected chi connectivity index (χ0v) is 15.8. The number of likely N-dealkylation sites (tertiary alicyclic amines) is 1. The summed E-state index contributed by atoms with van der Waals surface area (Å²) < 4.78 is 44.6. The van der Waals surface area contributed by atoms with Crippen LogP contribution in [0.4, 0.5) is 13.2 Å². The number of cyclic esters (lactones) is 1. The van der Waals surface area contributed by atoms with Crippen molar-refractivity contribution in [2.45, 2.75) is 50.9 Å². The third-order valence-corrected chi connectivity index (χ3v) is 5.95. The van der Waals surface area contributed by atoms with Crippen LogP contribution in [0.25, 0.3) is 11.0 Å². The summed E-state index contributed by atoms with van der Waals surface area (Å²) in [7, 11) is 0. The van der Waals surface area contributed by atoms with Gasteiger partial charge in [0.1, 0.15) is 6.10 Å². The van der Waals surface area contributed by atoms with E-state index in [4.69, 9.17) is 4.74 Å². The Kier molecular flexibility index (Phi) is 5.00. The van der Waals surface area contributed by atoms with Crippen LogP contribution in [-0.4, -0.2) is 51.7 Å². The molecule has 2 saturated heterocycles. The number of carbonyl (C=O) groups excluding carboxylic acids is 2. The van der Waals surface area contributed by atoms with Crippen LogP contribution in [0.2, 0.25) is 0 Å². The molecule has 0 bridgehead atoms. The van der Waals surface area contributed by atoms with Gasteiger partial charge in [-0.05, 0) is 25.0 Å². The molecule has 1 atom stereocenters. The zero-order chi connectivity index (χ0) is 20.6. The molecule has 4 rings (SSSR count). The maximum Gasteiger partial charge on any atom is 0.389 e. The lowest BCUT2D eigenvalue weighted by molar-refractivity contribution is -0.155. The van der Waals surface area contributed by atoms with Gasteiger partial charge in [-0.15, -0.1) is 0 Å². The van der Waals surface area contributed by atoms with Gasteiger partial charge in [0.15, 0.2) is 0 Å². The number of amides is 1. The molecule has 1 amide bonds. The summed E-state index contributed by atoms with van der Waals surface area (Å²) in [5.41, 5.74) is 1.19. The SMILES string of the molecule is O=C(CCC(F)(F)F)N1CCC2(CC1)CC(Cn1cnc3ccccc31)OC2=O. The number of benzene rings is 1. The van der Waals surface area contributed by atoms with Crippen molar-refractivity contribution in [3.63, 3.8) is 0 Å². The predicted octanol–water partition coefficient (Wildman–Crippen LogP) is 3.30. The summed E-state index contributed by atoms with van der Waals surface area (Å²) in [6.45, 7) is 1.07. The number of ether oxygens (including phenoxy) is 1. The van der Waals surface area contributed by atoms with Crippen LogP contribution >= 0.6 is 0 Å². The van der Waals surface area contributed by atoms with Crippen LogP contribution in [0.15, 0.2) is 30.6 Å². The molecular weight excluding hydrogens is 387 g/mol. The zero-order valence-electron chi connectivity index (χ0n) is 15.8. The minimum atomic E-state index is -4.34. The molecule has 1 aromatic carbocycles. The van der Waals surface area contributed by atoms with Gasteiger partial charge in [-0.2, -0.15) is 13.2 Å². The van der Waals surface area contributed by atoms with Crippen molar-refractivity contribution in [1.82, 2.24) is 14.5 Å². The molecule has 3 heterocycles. The number of aromatic nitrogens is 2. The third-order valence-electron chi connectivity index (χ3n) is 5.95. The maximum absolute atomic E-state index is 12.6. The van der Waals surface area contributed by atoms with Crippen molar-refractivity contribution in [1.29, 1.82) is 0 Å². The first-order valence-electron chi connectivity index (χ1n) is 9.71. The number of fused-ring (bicyclic) bond motifs is 1. The van der Waals surface area contributed by atoms with Crippen molar-refractivity contribution in [2.24, 2.45) is 5.41 Å². The Hall–Kier alpha value is -2.58. The number of alkyl halides is 3. The molecule has 6 nitrogen and oxygen atoms in total. The van der Waals surface area contributed by atoms with E-state index in [9.17, 15) is 22.8 Å². The first kappa shape index (κ1) is 19.7. The molecular formula is C20H22F3N3O3. The molecule has 0 saturated carbocycles. The maximum atomic E-state index is 12.6. The Labute approximate surface area is 165 Å². The van der Waals surface area contributed by atoms with Crippen LogP contribution in [0.3, 0.4) is 0 Å². The Balaban J connectivity index is 1.35. The van der Waals surface area contributed by atoms with Crippen molar-refractivity contribution in [3.05, 3.63) is 30.6 Å². The van der Waals surface area contributed by atoms with E-state index >= 15 is 0 Å². The molecule has 1 aromatic heterocycles. The molecule has 2 aliphatic heterocycles. The number of hydrogen-bond donors (Lipinski definition) is 0. The topological polar surface area (TPSA) is 64.4 Å². The highest BCUT2D eigenvalue weighted by Crippen LogP contribution is 2.43. The molecule has 0 N–H and O–H groups in total. The number of carbonyl (C=O) groups is 2. The van der Waals surface area contributed by atoms with Crippen LogP contribution in [-0.2, 0) is 20.9 Å². The van der Waals surface area contributed by atoms with Gasteiger partial charge in [-0.25, -0.2) is 4.98 Å². The van der Waals surface area contributed by atoms with Crippen LogP contribution in [0.5, 0.6) is 0 Å². The molecule has 0 aliphatic carbocycles. The van der Waals surface area contributed by atoms with E-state index in [1.165, 1.54) is 4.90 Å². The van der Waals surface area contributed by atoms with Crippen LogP contribution < -0.4 is 0 Å². The summed E-state index contributed by atoms with van der Waals surface area (Å²) >= 11 is 0. The van der Waals surface area contributed by atoms with E-state index in [1.807, 2.05) is 28.8 Å². The summed E-state index contributed by atoms with van der Waals surface area (Å²) in [6, 6.07) is 7.71. The van der Waals surface area contributed by atoms with E-state index in [0.29, 0.717) is 25.8 Å². The Bertz CT molecular complexity index is 916. The quantitative estimate of drug-likeness (QED) is 0.727. The molecule has 0 radical (unpaired) electrons. The molecule has 2 aliphatic rings. The smallest absolute Gasteiger partial charge is 0.389 e. The number of hydrogen-bond acceptors (Lipinski definition) is 4. The van der Waals surface area contributed by atoms with Crippen LogP contribution in [0, 0.1) is 5.41 Å². The number of para-hydroxylation sites is 2. The number of rotatable bonds is 4. The average molecular weight is 409 g/mol. The van der Waals surface area contributed by atoms with Gasteiger partial charge in [-0.1, -0.05) is 12.1 Å². The highest BCUT2D eigenvalue weighted by Gasteiger charge is 2.51. The second-order valence-corrected chi connectivity index (χ2v) is 7.89. The second kappa shape index (κ2) is 7.35. The van der Waals surface area contributed by atoms with Gasteiger partial charge in [0.05, 0.1) is 35.7 Å². The first-order chi connectivity index (χ1) is 13.8. The highest BCUT2D eigenvalue weighted by molar-refractivity contribution is 5.81. The molecule has 1 unspecified atom stereocenters. The number of esters is 1. The van der Waals surface area contributed by atoms with Crippen molar-refractivity contribution < 1.29 is 27.5 Å². The van der Waals surface area contributed by atoms with Crippen molar-refractivity contribution >= 4 is 22.9 Å². The van der Waals surface area contributed by atoms with Crippen molar-refractivity contribution in [3.8, 4) is 0 Å². The standard InChI is InChI=1S/C20H22F3N3O3/c21-20(22,23)6-5-17(27)25-9-7-19(8-10-25)11-14(29-18(19)28)12-26-13-24-15-3-1-2-4-16(15)26/h1-4,13-14H,5-12H2. The fraction of sp³-hybridized carbons (Fsp3) is 0.550. The summed E-state index contributed by atoms with van der Waals surface area (Å²) in [6.07, 6.45) is -3.17. The Morgan fingerprint density at radius 1 is 1.24 bits per heavy atom. The van der Waals surface area contributed by atoms with E-state index in [-0.39, 0.29) is 25.2 Å². The number of piperidine rings is 1. The minimum Gasteiger partial charge on any atom is -0.460 e. The molecule has 29 heavy (non-hydrogen) atoms. The highest BCUT2D eigenvalue weighted by atomic mass is 19.4. The van der Waals surface area contributed by atoms with E-state index < -0.39 is 30.3 Å². The van der Waals surface area contributed by atoms with Gasteiger partial charge in [0.25, 0.3) is 0 Å². The van der Waals surface area contributed by atoms with Crippen LogP contribution in [0.1, 0.15) is 32.1 Å². The molecule has 1 spiro atoms. The average Bonchev–Trinajstić information content (AvgIpc) is 3.21. The largest absolute Gasteiger partial charge is 0.460 e. The summed E-state index contributed by atoms with van der Waals surface area (Å²) in [5, 5.41) is 0. The number of halogens is 3. The molecule has 156 valence electrons. The molecule has 2 aromatic rings. The van der Waals surface area contributed by atoms with E-state index in [1.54, 1.807) is 6.33 Å². The summed E-state index contributed by atoms with van der Waals surface area (Å²) in [5.74, 6) is -0.778. The second-order valence-electron chi connectivity index (χ2n) is 7.89. The predicted molar refractivity (Wildman–Crippen MR) is 97.8 cm³/mol. The normalized spacial score (nSPS) is 21.7. The third kappa shape index (κ3) is 4.09. The summed E-state index contributed by atoms with van der Waals surface area (Å²) in [4.78, 5) is 30.4. The van der Waals surface area contributed by atoms with Crippen molar-refractivity contribution in [2.75, 3.05) is 13.1 Å². The number of imidazole rings is 1. The monoisotopic (exact) mass is 409 g/mol.